The Morgan fingerprint density at radius 1 is 1.00 bits per heavy atom. The average Bonchev–Trinajstić information content (AvgIpc) is 3.45. The molecule has 2 atom stereocenters. The first-order chi connectivity index (χ1) is 20.5. The Morgan fingerprint density at radius 3 is 2.28 bits per heavy atom. The Bertz CT molecular complexity index is 1530. The van der Waals surface area contributed by atoms with Gasteiger partial charge in [-0.1, -0.05) is 73.5 Å². The van der Waals surface area contributed by atoms with Gasteiger partial charge in [0.2, 0.25) is 18.0 Å². The number of nitrogens with zero attached hydrogens (tertiary/aromatic N) is 2. The number of carbonyl (C=O) groups is 3. The lowest BCUT2D eigenvalue weighted by Crippen LogP contribution is -2.61. The maximum absolute atomic E-state index is 13.8. The highest BCUT2D eigenvalue weighted by molar-refractivity contribution is 6.20. The SMILES string of the molecule is CN1C(=O)C(NC(=O)C2(NC(=O)[C@@H](O)Cc3ccccc3)CCCC2)N=C(c2ccc(C(F)(F)F)cc2)c2ccccc21. The first kappa shape index (κ1) is 30.0. The number of nitrogens with one attached hydrogen (secondary N) is 2. The smallest absolute Gasteiger partial charge is 0.383 e. The molecule has 1 saturated carbocycles. The standard InChI is InChI=1S/C32H31F3N4O4/c1-39-24-12-6-5-11-23(24)26(21-13-15-22(16-14-21)32(33,34)35)36-27(29(39)42)37-30(43)31(17-7-8-18-31)38-28(41)25(40)19-20-9-3-2-4-10-20/h2-6,9-16,25,27,40H,7-8,17-19H2,1H3,(H,37,43)(H,38,41)/t25-,27?/m0/s1. The van der Waals surface area contributed by atoms with E-state index in [-0.39, 0.29) is 12.1 Å². The van der Waals surface area contributed by atoms with Crippen molar-refractivity contribution in [1.29, 1.82) is 0 Å². The third kappa shape index (κ3) is 6.31. The second kappa shape index (κ2) is 12.0. The number of aliphatic imine (C=N–C) groups is 1. The van der Waals surface area contributed by atoms with Gasteiger partial charge in [-0.15, -0.1) is 0 Å². The van der Waals surface area contributed by atoms with Crippen molar-refractivity contribution in [3.63, 3.8) is 0 Å². The van der Waals surface area contributed by atoms with E-state index in [1.807, 2.05) is 6.07 Å². The monoisotopic (exact) mass is 592 g/mol. The molecule has 1 unspecified atom stereocenters. The number of aliphatic hydroxyl groups excluding tert-OH is 1. The summed E-state index contributed by atoms with van der Waals surface area (Å²) in [7, 11) is 1.53. The van der Waals surface area contributed by atoms with E-state index in [2.05, 4.69) is 15.6 Å². The molecule has 3 amide bonds. The van der Waals surface area contributed by atoms with E-state index in [1.165, 1.54) is 24.1 Å². The normalized spacial score (nSPS) is 18.7. The number of anilines is 1. The summed E-state index contributed by atoms with van der Waals surface area (Å²) in [4.78, 5) is 46.3. The number of halogens is 3. The molecular weight excluding hydrogens is 561 g/mol. The first-order valence-corrected chi connectivity index (χ1v) is 14.0. The number of para-hydroxylation sites is 1. The number of benzene rings is 3. The molecule has 1 aliphatic carbocycles. The number of alkyl halides is 3. The van der Waals surface area contributed by atoms with Crippen LogP contribution < -0.4 is 15.5 Å². The molecule has 3 aromatic rings. The number of carbonyl (C=O) groups excluding carboxylic acids is 3. The van der Waals surface area contributed by atoms with E-state index in [4.69, 9.17) is 0 Å². The molecule has 224 valence electrons. The molecule has 0 bridgehead atoms. The molecular formula is C32H31F3N4O4. The summed E-state index contributed by atoms with van der Waals surface area (Å²) in [5, 5.41) is 16.0. The lowest BCUT2D eigenvalue weighted by atomic mass is 9.95. The highest BCUT2D eigenvalue weighted by atomic mass is 19.4. The number of fused-ring (bicyclic) bond motifs is 1. The van der Waals surface area contributed by atoms with Crippen LogP contribution >= 0.6 is 0 Å². The molecule has 0 spiro atoms. The van der Waals surface area contributed by atoms with E-state index in [0.717, 1.165) is 17.7 Å². The van der Waals surface area contributed by atoms with Crippen LogP contribution in [0, 0.1) is 0 Å². The lowest BCUT2D eigenvalue weighted by molar-refractivity contribution is -0.138. The molecule has 1 fully saturated rings. The molecule has 3 aromatic carbocycles. The molecule has 3 N–H and O–H groups in total. The molecule has 8 nitrogen and oxygen atoms in total. The van der Waals surface area contributed by atoms with Gasteiger partial charge in [0.15, 0.2) is 0 Å². The van der Waals surface area contributed by atoms with E-state index >= 15 is 0 Å². The third-order valence-corrected chi connectivity index (χ3v) is 7.93. The minimum absolute atomic E-state index is 0.0648. The Morgan fingerprint density at radius 2 is 1.63 bits per heavy atom. The highest BCUT2D eigenvalue weighted by Crippen LogP contribution is 2.33. The Labute approximate surface area is 246 Å². The van der Waals surface area contributed by atoms with Crippen LogP contribution in [0.3, 0.4) is 0 Å². The summed E-state index contributed by atoms with van der Waals surface area (Å²) in [6.07, 6.45) is -5.38. The van der Waals surface area contributed by atoms with Crippen LogP contribution in [-0.4, -0.2) is 53.4 Å². The molecule has 2 aliphatic rings. The Balaban J connectivity index is 1.43. The van der Waals surface area contributed by atoms with Gasteiger partial charge in [0.1, 0.15) is 11.6 Å². The van der Waals surface area contributed by atoms with Gasteiger partial charge in [0.05, 0.1) is 17.0 Å². The Kier molecular flexibility index (Phi) is 8.36. The molecule has 43 heavy (non-hydrogen) atoms. The van der Waals surface area contributed by atoms with Gasteiger partial charge in [0.25, 0.3) is 5.91 Å². The summed E-state index contributed by atoms with van der Waals surface area (Å²) < 4.78 is 39.7. The van der Waals surface area contributed by atoms with Crippen LogP contribution in [0.5, 0.6) is 0 Å². The van der Waals surface area contributed by atoms with Crippen LogP contribution in [0.15, 0.2) is 83.9 Å². The number of aliphatic hydroxyl groups is 1. The van der Waals surface area contributed by atoms with Crippen molar-refractivity contribution < 1.29 is 32.7 Å². The third-order valence-electron chi connectivity index (χ3n) is 7.93. The van der Waals surface area contributed by atoms with Crippen molar-refractivity contribution in [3.05, 3.63) is 101 Å². The van der Waals surface area contributed by atoms with E-state index < -0.39 is 47.3 Å². The van der Waals surface area contributed by atoms with Crippen molar-refractivity contribution in [2.75, 3.05) is 11.9 Å². The van der Waals surface area contributed by atoms with Gasteiger partial charge >= 0.3 is 6.18 Å². The summed E-state index contributed by atoms with van der Waals surface area (Å²) in [5.41, 5.74) is 0.0954. The number of hydrogen-bond donors (Lipinski definition) is 3. The molecule has 5 rings (SSSR count). The van der Waals surface area contributed by atoms with Crippen LogP contribution in [-0.2, 0) is 27.0 Å². The molecule has 0 radical (unpaired) electrons. The summed E-state index contributed by atoms with van der Waals surface area (Å²) in [6.45, 7) is 0. The minimum atomic E-state index is -4.52. The van der Waals surface area contributed by atoms with Crippen LogP contribution in [0.25, 0.3) is 0 Å². The maximum atomic E-state index is 13.8. The zero-order valence-electron chi connectivity index (χ0n) is 23.4. The molecule has 11 heteroatoms. The van der Waals surface area contributed by atoms with Crippen LogP contribution in [0.1, 0.15) is 47.9 Å². The number of hydrogen-bond acceptors (Lipinski definition) is 5. The second-order valence-electron chi connectivity index (χ2n) is 10.8. The highest BCUT2D eigenvalue weighted by Gasteiger charge is 2.45. The number of likely N-dealkylation sites (N-methyl/N-ethyl adjacent to an activating group) is 1. The van der Waals surface area contributed by atoms with E-state index in [1.54, 1.807) is 48.5 Å². The zero-order chi connectivity index (χ0) is 30.8. The summed E-state index contributed by atoms with van der Waals surface area (Å²) in [5.74, 6) is -1.89. The zero-order valence-corrected chi connectivity index (χ0v) is 23.4. The van der Waals surface area contributed by atoms with Gasteiger partial charge in [-0.2, -0.15) is 13.2 Å². The summed E-state index contributed by atoms with van der Waals surface area (Å²) in [6, 6.07) is 20.2. The number of rotatable bonds is 7. The molecule has 0 saturated heterocycles. The lowest BCUT2D eigenvalue weighted by Gasteiger charge is -2.31. The number of benzodiazepines with no additional fused rings is 1. The van der Waals surface area contributed by atoms with Gasteiger partial charge < -0.3 is 20.6 Å². The first-order valence-electron chi connectivity index (χ1n) is 14.0. The largest absolute Gasteiger partial charge is 0.416 e. The van der Waals surface area contributed by atoms with E-state index in [9.17, 15) is 32.7 Å². The quantitative estimate of drug-likeness (QED) is 0.385. The van der Waals surface area contributed by atoms with Crippen LogP contribution in [0.4, 0.5) is 18.9 Å². The number of amides is 3. The van der Waals surface area contributed by atoms with Crippen LogP contribution in [0.2, 0.25) is 0 Å². The van der Waals surface area contributed by atoms with Crippen molar-refractivity contribution in [3.8, 4) is 0 Å². The van der Waals surface area contributed by atoms with Crippen molar-refractivity contribution in [1.82, 2.24) is 10.6 Å². The Hall–Kier alpha value is -4.51. The molecule has 1 aliphatic heterocycles. The summed E-state index contributed by atoms with van der Waals surface area (Å²) >= 11 is 0. The fraction of sp³-hybridized carbons (Fsp3) is 0.312. The van der Waals surface area contributed by atoms with Gasteiger partial charge in [-0.05, 0) is 36.6 Å². The van der Waals surface area contributed by atoms with E-state index in [0.29, 0.717) is 42.5 Å². The molecule has 1 heterocycles. The van der Waals surface area contributed by atoms with Gasteiger partial charge in [-0.25, -0.2) is 4.99 Å². The van der Waals surface area contributed by atoms with Gasteiger partial charge in [0, 0.05) is 24.6 Å². The van der Waals surface area contributed by atoms with Crippen molar-refractivity contribution in [2.45, 2.75) is 56.1 Å². The predicted octanol–water partition coefficient (Wildman–Crippen LogP) is 3.99. The molecule has 0 aromatic heterocycles. The fourth-order valence-corrected chi connectivity index (χ4v) is 5.56. The van der Waals surface area contributed by atoms with Crippen molar-refractivity contribution >= 4 is 29.1 Å². The average molecular weight is 593 g/mol. The minimum Gasteiger partial charge on any atom is -0.383 e. The second-order valence-corrected chi connectivity index (χ2v) is 10.8. The van der Waals surface area contributed by atoms with Crippen molar-refractivity contribution in [2.24, 2.45) is 4.99 Å². The fourth-order valence-electron chi connectivity index (χ4n) is 5.56. The predicted molar refractivity (Wildman–Crippen MR) is 154 cm³/mol. The maximum Gasteiger partial charge on any atom is 0.416 e. The van der Waals surface area contributed by atoms with Gasteiger partial charge in [-0.3, -0.25) is 14.4 Å². The topological polar surface area (TPSA) is 111 Å².